The lowest BCUT2D eigenvalue weighted by molar-refractivity contribution is 0.589. The Morgan fingerprint density at radius 2 is 1.91 bits per heavy atom. The molecule has 2 aromatic heterocycles. The van der Waals surface area contributed by atoms with Gasteiger partial charge in [0.1, 0.15) is 5.15 Å². The second-order valence-electron chi connectivity index (χ2n) is 4.58. The third-order valence-corrected chi connectivity index (χ3v) is 5.12. The van der Waals surface area contributed by atoms with Gasteiger partial charge in [-0.05, 0) is 30.3 Å². The van der Waals surface area contributed by atoms with E-state index in [1.807, 2.05) is 0 Å². The van der Waals surface area contributed by atoms with E-state index in [2.05, 4.69) is 9.98 Å². The number of aromatic nitrogens is 2. The Kier molecular flexibility index (Phi) is 3.72. The summed E-state index contributed by atoms with van der Waals surface area (Å²) in [5.41, 5.74) is 1.39. The summed E-state index contributed by atoms with van der Waals surface area (Å²) in [5.74, 6) is 0. The van der Waals surface area contributed by atoms with Gasteiger partial charge in [0, 0.05) is 13.3 Å². The zero-order chi connectivity index (χ0) is 15.7. The summed E-state index contributed by atoms with van der Waals surface area (Å²) in [4.78, 5) is 8.29. The maximum atomic E-state index is 12.9. The molecule has 0 fully saturated rings. The molecule has 0 saturated carbocycles. The van der Waals surface area contributed by atoms with Gasteiger partial charge >= 0.3 is 0 Å². The Morgan fingerprint density at radius 3 is 2.59 bits per heavy atom. The van der Waals surface area contributed by atoms with Crippen LogP contribution in [0.4, 0.5) is 0 Å². The maximum absolute atomic E-state index is 12.9. The molecule has 0 radical (unpaired) electrons. The molecule has 0 aliphatic rings. The minimum absolute atomic E-state index is 0.202. The lowest BCUT2D eigenvalue weighted by Crippen LogP contribution is -2.15. The molecule has 0 aliphatic carbocycles. The molecule has 112 valence electrons. The van der Waals surface area contributed by atoms with Crippen molar-refractivity contribution in [3.63, 3.8) is 0 Å². The van der Waals surface area contributed by atoms with E-state index in [0.29, 0.717) is 21.9 Å². The first kappa shape index (κ1) is 14.7. The number of halogens is 1. The van der Waals surface area contributed by atoms with Crippen LogP contribution >= 0.6 is 11.6 Å². The summed E-state index contributed by atoms with van der Waals surface area (Å²) in [5, 5.41) is 0.307. The molecule has 2 heterocycles. The van der Waals surface area contributed by atoms with Crippen LogP contribution in [-0.4, -0.2) is 30.6 Å². The molecule has 7 heteroatoms. The van der Waals surface area contributed by atoms with E-state index in [-0.39, 0.29) is 4.90 Å². The standard InChI is InChI=1S/C15H12ClN3O2S/c1-17-10-11-9-13-14(7-8-15(16)18-13)19(11)22(20,21)12-5-3-2-4-6-12/h2-10H,1H3. The highest BCUT2D eigenvalue weighted by Crippen LogP contribution is 2.25. The fraction of sp³-hybridized carbons (Fsp3) is 0.0667. The summed E-state index contributed by atoms with van der Waals surface area (Å²) >= 11 is 5.89. The van der Waals surface area contributed by atoms with Gasteiger partial charge in [0.15, 0.2) is 0 Å². The van der Waals surface area contributed by atoms with Crippen molar-refractivity contribution in [1.29, 1.82) is 0 Å². The molecular weight excluding hydrogens is 322 g/mol. The first-order chi connectivity index (χ1) is 10.5. The van der Waals surface area contributed by atoms with Crippen molar-refractivity contribution in [1.82, 2.24) is 8.96 Å². The van der Waals surface area contributed by atoms with Crippen molar-refractivity contribution in [3.05, 3.63) is 59.4 Å². The van der Waals surface area contributed by atoms with Crippen molar-refractivity contribution in [3.8, 4) is 0 Å². The van der Waals surface area contributed by atoms with Gasteiger partial charge in [-0.3, -0.25) is 4.99 Å². The number of nitrogens with zero attached hydrogens (tertiary/aromatic N) is 3. The van der Waals surface area contributed by atoms with Crippen LogP contribution < -0.4 is 0 Å². The molecule has 0 amide bonds. The van der Waals surface area contributed by atoms with Gasteiger partial charge in [-0.15, -0.1) is 0 Å². The van der Waals surface area contributed by atoms with Crippen LogP contribution in [0, 0.1) is 0 Å². The van der Waals surface area contributed by atoms with Crippen molar-refractivity contribution in [2.75, 3.05) is 7.05 Å². The topological polar surface area (TPSA) is 64.3 Å². The summed E-state index contributed by atoms with van der Waals surface area (Å²) in [6.07, 6.45) is 1.48. The average Bonchev–Trinajstić information content (AvgIpc) is 2.86. The molecule has 0 atom stereocenters. The van der Waals surface area contributed by atoms with Crippen LogP contribution in [0.15, 0.2) is 58.4 Å². The third-order valence-electron chi connectivity index (χ3n) is 3.15. The second kappa shape index (κ2) is 5.55. The maximum Gasteiger partial charge on any atom is 0.268 e. The Hall–Kier alpha value is -2.18. The van der Waals surface area contributed by atoms with E-state index in [0.717, 1.165) is 0 Å². The SMILES string of the molecule is CN=Cc1cc2nc(Cl)ccc2n1S(=O)(=O)c1ccccc1. The Labute approximate surface area is 132 Å². The first-order valence-corrected chi connectivity index (χ1v) is 8.26. The van der Waals surface area contributed by atoms with Gasteiger partial charge in [0.2, 0.25) is 0 Å². The Morgan fingerprint density at radius 1 is 1.18 bits per heavy atom. The van der Waals surface area contributed by atoms with Gasteiger partial charge in [0.25, 0.3) is 10.0 Å². The minimum atomic E-state index is -3.75. The first-order valence-electron chi connectivity index (χ1n) is 6.45. The smallest absolute Gasteiger partial charge is 0.268 e. The summed E-state index contributed by atoms with van der Waals surface area (Å²) in [7, 11) is -2.16. The van der Waals surface area contributed by atoms with Gasteiger partial charge in [0.05, 0.1) is 21.6 Å². The zero-order valence-corrected chi connectivity index (χ0v) is 13.2. The number of pyridine rings is 1. The van der Waals surface area contributed by atoms with Crippen LogP contribution in [-0.2, 0) is 10.0 Å². The molecule has 0 saturated heterocycles. The molecule has 5 nitrogen and oxygen atoms in total. The summed E-state index contributed by atoms with van der Waals surface area (Å²) < 4.78 is 27.1. The minimum Gasteiger partial charge on any atom is -0.294 e. The van der Waals surface area contributed by atoms with Gasteiger partial charge in [-0.25, -0.2) is 17.4 Å². The molecular formula is C15H12ClN3O2S. The molecule has 0 spiro atoms. The lowest BCUT2D eigenvalue weighted by Gasteiger charge is -2.09. The van der Waals surface area contributed by atoms with Gasteiger partial charge in [-0.1, -0.05) is 29.8 Å². The quantitative estimate of drug-likeness (QED) is 0.546. The number of benzene rings is 1. The van der Waals surface area contributed by atoms with E-state index < -0.39 is 10.0 Å². The van der Waals surface area contributed by atoms with Crippen molar-refractivity contribution < 1.29 is 8.42 Å². The summed E-state index contributed by atoms with van der Waals surface area (Å²) in [6, 6.07) is 13.1. The van der Waals surface area contributed by atoms with Gasteiger partial charge < -0.3 is 0 Å². The van der Waals surface area contributed by atoms with Gasteiger partial charge in [-0.2, -0.15) is 0 Å². The molecule has 1 aromatic carbocycles. The predicted molar refractivity (Wildman–Crippen MR) is 87.3 cm³/mol. The van der Waals surface area contributed by atoms with Crippen LogP contribution in [0.1, 0.15) is 5.69 Å². The highest BCUT2D eigenvalue weighted by molar-refractivity contribution is 7.90. The number of hydrogen-bond acceptors (Lipinski definition) is 4. The van der Waals surface area contributed by atoms with Crippen molar-refractivity contribution in [2.45, 2.75) is 4.90 Å². The number of hydrogen-bond donors (Lipinski definition) is 0. The van der Waals surface area contributed by atoms with Crippen molar-refractivity contribution >= 4 is 38.9 Å². The van der Waals surface area contributed by atoms with Crippen LogP contribution in [0.2, 0.25) is 5.15 Å². The predicted octanol–water partition coefficient (Wildman–Crippen LogP) is 2.98. The average molecular weight is 334 g/mol. The van der Waals surface area contributed by atoms with Crippen LogP contribution in [0.25, 0.3) is 11.0 Å². The third kappa shape index (κ3) is 2.40. The molecule has 3 aromatic rings. The molecule has 22 heavy (non-hydrogen) atoms. The Bertz CT molecular complexity index is 963. The fourth-order valence-corrected chi connectivity index (χ4v) is 3.90. The largest absolute Gasteiger partial charge is 0.294 e. The van der Waals surface area contributed by atoms with E-state index in [1.54, 1.807) is 55.6 Å². The molecule has 0 bridgehead atoms. The molecule has 0 unspecified atom stereocenters. The lowest BCUT2D eigenvalue weighted by atomic mass is 10.4. The van der Waals surface area contributed by atoms with E-state index in [1.165, 1.54) is 10.2 Å². The Balaban J connectivity index is 2.36. The highest BCUT2D eigenvalue weighted by Gasteiger charge is 2.22. The van der Waals surface area contributed by atoms with E-state index in [9.17, 15) is 8.42 Å². The normalized spacial score (nSPS) is 12.3. The number of fused-ring (bicyclic) bond motifs is 1. The number of rotatable bonds is 3. The molecule has 0 aliphatic heterocycles. The van der Waals surface area contributed by atoms with Crippen molar-refractivity contribution in [2.24, 2.45) is 4.99 Å². The zero-order valence-electron chi connectivity index (χ0n) is 11.6. The summed E-state index contributed by atoms with van der Waals surface area (Å²) in [6.45, 7) is 0. The fourth-order valence-electron chi connectivity index (χ4n) is 2.25. The van der Waals surface area contributed by atoms with E-state index >= 15 is 0 Å². The second-order valence-corrected chi connectivity index (χ2v) is 6.75. The van der Waals surface area contributed by atoms with Crippen LogP contribution in [0.3, 0.4) is 0 Å². The number of aliphatic imine (C=N–C) groups is 1. The van der Waals surface area contributed by atoms with Crippen LogP contribution in [0.5, 0.6) is 0 Å². The monoisotopic (exact) mass is 333 g/mol. The van der Waals surface area contributed by atoms with E-state index in [4.69, 9.17) is 11.6 Å². The molecule has 3 rings (SSSR count). The molecule has 0 N–H and O–H groups in total. The highest BCUT2D eigenvalue weighted by atomic mass is 35.5.